The van der Waals surface area contributed by atoms with Crippen LogP contribution in [0.5, 0.6) is 0 Å². The molecule has 1 saturated carbocycles. The van der Waals surface area contributed by atoms with Gasteiger partial charge >= 0.3 is 11.8 Å². The van der Waals surface area contributed by atoms with E-state index in [1.54, 1.807) is 17.0 Å². The highest BCUT2D eigenvalue weighted by molar-refractivity contribution is 6.35. The van der Waals surface area contributed by atoms with Crippen LogP contribution < -0.4 is 0 Å². The van der Waals surface area contributed by atoms with Crippen molar-refractivity contribution in [2.45, 2.75) is 31.3 Å². The molecule has 1 aromatic carbocycles. The van der Waals surface area contributed by atoms with Crippen LogP contribution in [0.25, 0.3) is 0 Å². The molecule has 2 heterocycles. The summed E-state index contributed by atoms with van der Waals surface area (Å²) in [7, 11) is 0. The first kappa shape index (κ1) is 17.0. The number of amides is 2. The Hall–Kier alpha value is -2.47. The highest BCUT2D eigenvalue weighted by Gasteiger charge is 2.42. The predicted molar refractivity (Wildman–Crippen MR) is 96.4 cm³/mol. The lowest BCUT2D eigenvalue weighted by molar-refractivity contribution is -0.159. The molecule has 2 fully saturated rings. The molecule has 2 amide bonds. The maximum absolute atomic E-state index is 12.5. The summed E-state index contributed by atoms with van der Waals surface area (Å²) in [6.07, 6.45) is 1.84. The molecule has 6 nitrogen and oxygen atoms in total. The van der Waals surface area contributed by atoms with Crippen LogP contribution in [-0.4, -0.2) is 50.9 Å². The number of hydrogen-bond donors (Lipinski definition) is 0. The monoisotopic (exact) mass is 370 g/mol. The van der Waals surface area contributed by atoms with Crippen molar-refractivity contribution in [3.63, 3.8) is 0 Å². The quantitative estimate of drug-likeness (QED) is 0.774. The molecule has 26 heavy (non-hydrogen) atoms. The Balaban J connectivity index is 1.35. The molecule has 134 valence electrons. The van der Waals surface area contributed by atoms with E-state index in [0.717, 1.165) is 12.8 Å². The lowest BCUT2D eigenvalue weighted by atomic mass is 9.75. The van der Waals surface area contributed by atoms with Crippen LogP contribution in [0.1, 0.15) is 30.0 Å². The van der Waals surface area contributed by atoms with Gasteiger partial charge in [-0.15, -0.1) is 5.10 Å². The average Bonchev–Trinajstić information content (AvgIpc) is 2.62. The van der Waals surface area contributed by atoms with Gasteiger partial charge in [-0.3, -0.25) is 9.59 Å². The zero-order valence-electron chi connectivity index (χ0n) is 14.2. The van der Waals surface area contributed by atoms with E-state index in [1.807, 2.05) is 18.2 Å². The molecule has 1 saturated heterocycles. The molecule has 1 aromatic heterocycles. The van der Waals surface area contributed by atoms with Crippen molar-refractivity contribution < 1.29 is 9.59 Å². The molecule has 2 aliphatic rings. The van der Waals surface area contributed by atoms with Crippen molar-refractivity contribution >= 4 is 23.4 Å². The van der Waals surface area contributed by atoms with Crippen molar-refractivity contribution in [1.82, 2.24) is 20.0 Å². The average molecular weight is 371 g/mol. The summed E-state index contributed by atoms with van der Waals surface area (Å²) in [4.78, 5) is 28.3. The summed E-state index contributed by atoms with van der Waals surface area (Å²) >= 11 is 5.72. The van der Waals surface area contributed by atoms with E-state index in [-0.39, 0.29) is 12.6 Å². The van der Waals surface area contributed by atoms with Crippen molar-refractivity contribution in [2.75, 3.05) is 13.1 Å². The normalized spacial score (nSPS) is 23.1. The summed E-state index contributed by atoms with van der Waals surface area (Å²) in [5.74, 6) is -0.391. The summed E-state index contributed by atoms with van der Waals surface area (Å²) < 4.78 is 0. The van der Waals surface area contributed by atoms with E-state index < -0.39 is 11.8 Å². The van der Waals surface area contributed by atoms with Crippen LogP contribution in [0.15, 0.2) is 42.5 Å². The van der Waals surface area contributed by atoms with E-state index in [1.165, 1.54) is 10.5 Å². The molecular weight excluding hydrogens is 352 g/mol. The van der Waals surface area contributed by atoms with Crippen molar-refractivity contribution in [3.8, 4) is 0 Å². The molecule has 0 radical (unpaired) electrons. The van der Waals surface area contributed by atoms with E-state index in [9.17, 15) is 9.59 Å². The van der Waals surface area contributed by atoms with Crippen LogP contribution in [0.3, 0.4) is 0 Å². The highest BCUT2D eigenvalue weighted by atomic mass is 35.5. The number of piperazine rings is 1. The predicted octanol–water partition coefficient (Wildman–Crippen LogP) is 2.25. The summed E-state index contributed by atoms with van der Waals surface area (Å²) in [5, 5.41) is 8.03. The lowest BCUT2D eigenvalue weighted by Crippen LogP contribution is -2.59. The van der Waals surface area contributed by atoms with E-state index in [4.69, 9.17) is 11.6 Å². The number of nitrogens with zero attached hydrogens (tertiary/aromatic N) is 4. The zero-order valence-corrected chi connectivity index (χ0v) is 15.0. The van der Waals surface area contributed by atoms with Gasteiger partial charge in [0.15, 0.2) is 5.15 Å². The molecule has 1 aliphatic carbocycles. The van der Waals surface area contributed by atoms with Gasteiger partial charge in [-0.05, 0) is 36.5 Å². The van der Waals surface area contributed by atoms with Crippen molar-refractivity contribution in [2.24, 2.45) is 0 Å². The molecule has 0 spiro atoms. The topological polar surface area (TPSA) is 66.4 Å². The van der Waals surface area contributed by atoms with Gasteiger partial charge in [0.25, 0.3) is 0 Å². The molecule has 2 aromatic rings. The van der Waals surface area contributed by atoms with Gasteiger partial charge in [-0.2, -0.15) is 5.10 Å². The minimum absolute atomic E-state index is 0.161. The standard InChI is InChI=1S/C19H19ClN4O2/c20-17-7-6-15(21-22-17)12-23-8-9-24(19(26)18(23)25)16-10-14(11-16)13-4-2-1-3-5-13/h1-7,14,16H,8-12H2/t14-,16+. The molecule has 4 rings (SSSR count). The third kappa shape index (κ3) is 3.29. The first-order valence-corrected chi connectivity index (χ1v) is 9.12. The largest absolute Gasteiger partial charge is 0.330 e. The van der Waals surface area contributed by atoms with Gasteiger partial charge in [-0.1, -0.05) is 41.9 Å². The molecule has 0 bridgehead atoms. The second-order valence-corrected chi connectivity index (χ2v) is 7.19. The number of benzene rings is 1. The fraction of sp³-hybridized carbons (Fsp3) is 0.368. The van der Waals surface area contributed by atoms with E-state index in [0.29, 0.717) is 29.9 Å². The lowest BCUT2D eigenvalue weighted by Gasteiger charge is -2.45. The Labute approximate surface area is 156 Å². The second-order valence-electron chi connectivity index (χ2n) is 6.81. The summed E-state index contributed by atoms with van der Waals surface area (Å²) in [6, 6.07) is 13.8. The van der Waals surface area contributed by atoms with Crippen LogP contribution in [0, 0.1) is 0 Å². The zero-order chi connectivity index (χ0) is 18.1. The van der Waals surface area contributed by atoms with Gasteiger partial charge in [0, 0.05) is 19.1 Å². The van der Waals surface area contributed by atoms with Gasteiger partial charge in [0.05, 0.1) is 12.2 Å². The van der Waals surface area contributed by atoms with Gasteiger partial charge in [0.2, 0.25) is 0 Å². The third-order valence-electron chi connectivity index (χ3n) is 5.21. The minimum Gasteiger partial charge on any atom is -0.330 e. The van der Waals surface area contributed by atoms with Crippen LogP contribution in [-0.2, 0) is 16.1 Å². The first-order chi connectivity index (χ1) is 12.6. The molecular formula is C19H19ClN4O2. The number of halogens is 1. The number of carbonyl (C=O) groups excluding carboxylic acids is 2. The second kappa shape index (κ2) is 7.03. The minimum atomic E-state index is -0.462. The molecule has 1 aliphatic heterocycles. The van der Waals surface area contributed by atoms with Crippen molar-refractivity contribution in [3.05, 3.63) is 58.9 Å². The number of aromatic nitrogens is 2. The first-order valence-electron chi connectivity index (χ1n) is 8.75. The molecule has 0 N–H and O–H groups in total. The fourth-order valence-electron chi connectivity index (χ4n) is 3.65. The van der Waals surface area contributed by atoms with Crippen LogP contribution >= 0.6 is 11.6 Å². The number of hydrogen-bond acceptors (Lipinski definition) is 4. The van der Waals surface area contributed by atoms with Crippen LogP contribution in [0.2, 0.25) is 5.15 Å². The molecule has 0 unspecified atom stereocenters. The number of carbonyl (C=O) groups is 2. The Morgan fingerprint density at radius 1 is 0.962 bits per heavy atom. The fourth-order valence-corrected chi connectivity index (χ4v) is 3.75. The van der Waals surface area contributed by atoms with Gasteiger partial charge in [0.1, 0.15) is 0 Å². The summed E-state index contributed by atoms with van der Waals surface area (Å²) in [6.45, 7) is 1.36. The van der Waals surface area contributed by atoms with Crippen molar-refractivity contribution in [1.29, 1.82) is 0 Å². The Kier molecular flexibility index (Phi) is 4.59. The Morgan fingerprint density at radius 2 is 1.73 bits per heavy atom. The maximum Gasteiger partial charge on any atom is 0.312 e. The number of rotatable bonds is 4. The molecule has 0 atom stereocenters. The summed E-state index contributed by atoms with van der Waals surface area (Å²) in [5.41, 5.74) is 1.93. The van der Waals surface area contributed by atoms with Gasteiger partial charge < -0.3 is 9.80 Å². The Morgan fingerprint density at radius 3 is 2.42 bits per heavy atom. The third-order valence-corrected chi connectivity index (χ3v) is 5.41. The van der Waals surface area contributed by atoms with E-state index >= 15 is 0 Å². The SMILES string of the molecule is O=C1C(=O)N([C@H]2C[C@@H](c3ccccc3)C2)CCN1Cc1ccc(Cl)nn1. The van der Waals surface area contributed by atoms with E-state index in [2.05, 4.69) is 22.3 Å². The van der Waals surface area contributed by atoms with Crippen LogP contribution in [0.4, 0.5) is 0 Å². The molecule has 7 heteroatoms. The Bertz CT molecular complexity index is 806. The smallest absolute Gasteiger partial charge is 0.312 e. The maximum atomic E-state index is 12.5. The van der Waals surface area contributed by atoms with Gasteiger partial charge in [-0.25, -0.2) is 0 Å². The highest BCUT2D eigenvalue weighted by Crippen LogP contribution is 2.40.